The number of benzene rings is 2. The summed E-state index contributed by atoms with van der Waals surface area (Å²) < 4.78 is 5.38. The van der Waals surface area contributed by atoms with E-state index in [2.05, 4.69) is 25.1 Å². The molecular formula is C26H34O3. The van der Waals surface area contributed by atoms with Crippen molar-refractivity contribution in [2.45, 2.75) is 59.8 Å². The van der Waals surface area contributed by atoms with Crippen molar-refractivity contribution in [1.82, 2.24) is 0 Å². The quantitative estimate of drug-likeness (QED) is 0.502. The topological polar surface area (TPSA) is 43.4 Å². The van der Waals surface area contributed by atoms with Crippen LogP contribution in [0.5, 0.6) is 5.75 Å². The molecule has 3 heteroatoms. The molecule has 0 aliphatic rings. The first-order valence-electron chi connectivity index (χ1n) is 10.6. The molecule has 0 bridgehead atoms. The fraction of sp³-hybridized carbons (Fsp3) is 0.462. The Bertz CT molecular complexity index is 836. The lowest BCUT2D eigenvalue weighted by atomic mass is 9.90. The number of ketones is 2. The Hall–Kier alpha value is -2.42. The standard InChI is InChI=1S/C26H34O3/c1-18(2)24(27)14-13-23-17-21(11-10-19(23)3)16-20(4)25(28)15-12-22-8-6-7-9-26(22)29-5/h6-11,17-18,20H,12-16H2,1-5H3. The highest BCUT2D eigenvalue weighted by Crippen LogP contribution is 2.21. The van der Waals surface area contributed by atoms with Gasteiger partial charge in [-0.1, -0.05) is 57.2 Å². The summed E-state index contributed by atoms with van der Waals surface area (Å²) in [5, 5.41) is 0. The summed E-state index contributed by atoms with van der Waals surface area (Å²) in [6.07, 6.45) is 3.30. The maximum absolute atomic E-state index is 12.7. The molecule has 1 unspecified atom stereocenters. The Morgan fingerprint density at radius 1 is 0.897 bits per heavy atom. The van der Waals surface area contributed by atoms with Crippen molar-refractivity contribution in [2.75, 3.05) is 7.11 Å². The molecule has 0 fully saturated rings. The molecule has 2 aromatic carbocycles. The van der Waals surface area contributed by atoms with Gasteiger partial charge in [0.2, 0.25) is 0 Å². The summed E-state index contributed by atoms with van der Waals surface area (Å²) in [5.74, 6) is 1.46. The van der Waals surface area contributed by atoms with Crippen LogP contribution in [-0.2, 0) is 28.9 Å². The molecular weight excluding hydrogens is 360 g/mol. The number of rotatable bonds is 11. The smallest absolute Gasteiger partial charge is 0.136 e. The third kappa shape index (κ3) is 6.85. The van der Waals surface area contributed by atoms with Crippen LogP contribution in [0, 0.1) is 18.8 Å². The molecule has 2 aromatic rings. The maximum Gasteiger partial charge on any atom is 0.136 e. The van der Waals surface area contributed by atoms with Gasteiger partial charge in [-0.3, -0.25) is 9.59 Å². The van der Waals surface area contributed by atoms with Crippen molar-refractivity contribution in [3.8, 4) is 5.75 Å². The summed E-state index contributed by atoms with van der Waals surface area (Å²) in [4.78, 5) is 24.6. The minimum Gasteiger partial charge on any atom is -0.496 e. The number of hydrogen-bond acceptors (Lipinski definition) is 3. The predicted octanol–water partition coefficient (Wildman–Crippen LogP) is 5.54. The minimum atomic E-state index is -0.0300. The third-order valence-electron chi connectivity index (χ3n) is 5.62. The van der Waals surface area contributed by atoms with Crippen molar-refractivity contribution < 1.29 is 14.3 Å². The van der Waals surface area contributed by atoms with Crippen LogP contribution in [0.1, 0.15) is 55.9 Å². The molecule has 0 radical (unpaired) electrons. The van der Waals surface area contributed by atoms with E-state index in [0.29, 0.717) is 25.0 Å². The van der Waals surface area contributed by atoms with E-state index in [0.717, 1.165) is 24.2 Å². The Kier molecular flexibility index (Phi) is 8.63. The minimum absolute atomic E-state index is 0.0300. The molecule has 29 heavy (non-hydrogen) atoms. The first-order chi connectivity index (χ1) is 13.8. The molecule has 0 spiro atoms. The maximum atomic E-state index is 12.7. The van der Waals surface area contributed by atoms with Crippen LogP contribution in [-0.4, -0.2) is 18.7 Å². The fourth-order valence-corrected chi connectivity index (χ4v) is 3.55. The van der Waals surface area contributed by atoms with Gasteiger partial charge in [-0.25, -0.2) is 0 Å². The second kappa shape index (κ2) is 10.9. The second-order valence-corrected chi connectivity index (χ2v) is 8.27. The number of para-hydroxylation sites is 1. The van der Waals surface area contributed by atoms with Crippen molar-refractivity contribution in [1.29, 1.82) is 0 Å². The van der Waals surface area contributed by atoms with Gasteiger partial charge in [-0.2, -0.15) is 0 Å². The van der Waals surface area contributed by atoms with Crippen molar-refractivity contribution >= 4 is 11.6 Å². The molecule has 0 heterocycles. The normalized spacial score (nSPS) is 12.1. The van der Waals surface area contributed by atoms with Gasteiger partial charge in [0, 0.05) is 24.7 Å². The van der Waals surface area contributed by atoms with E-state index in [1.807, 2.05) is 45.0 Å². The molecule has 0 aliphatic carbocycles. The SMILES string of the molecule is COc1ccccc1CCC(=O)C(C)Cc1ccc(C)c(CCC(=O)C(C)C)c1. The van der Waals surface area contributed by atoms with Crippen LogP contribution in [0.15, 0.2) is 42.5 Å². The van der Waals surface area contributed by atoms with Gasteiger partial charge in [0.25, 0.3) is 0 Å². The average Bonchev–Trinajstić information content (AvgIpc) is 2.71. The van der Waals surface area contributed by atoms with Gasteiger partial charge >= 0.3 is 0 Å². The number of carbonyl (C=O) groups is 2. The van der Waals surface area contributed by atoms with Crippen LogP contribution >= 0.6 is 0 Å². The Labute approximate surface area is 175 Å². The monoisotopic (exact) mass is 394 g/mol. The van der Waals surface area contributed by atoms with Crippen LogP contribution in [0.25, 0.3) is 0 Å². The average molecular weight is 395 g/mol. The van der Waals surface area contributed by atoms with Crippen LogP contribution in [0.4, 0.5) is 0 Å². The van der Waals surface area contributed by atoms with E-state index in [-0.39, 0.29) is 17.6 Å². The molecule has 156 valence electrons. The van der Waals surface area contributed by atoms with E-state index in [9.17, 15) is 9.59 Å². The Morgan fingerprint density at radius 3 is 2.24 bits per heavy atom. The molecule has 2 rings (SSSR count). The number of carbonyl (C=O) groups excluding carboxylic acids is 2. The van der Waals surface area contributed by atoms with Crippen molar-refractivity contribution in [3.05, 3.63) is 64.7 Å². The van der Waals surface area contributed by atoms with Gasteiger partial charge in [-0.05, 0) is 54.5 Å². The molecule has 0 N–H and O–H groups in total. The molecule has 0 saturated heterocycles. The van der Waals surface area contributed by atoms with E-state index in [4.69, 9.17) is 4.74 Å². The lowest BCUT2D eigenvalue weighted by Gasteiger charge is -2.14. The predicted molar refractivity (Wildman–Crippen MR) is 119 cm³/mol. The highest BCUT2D eigenvalue weighted by Gasteiger charge is 2.16. The molecule has 0 saturated carbocycles. The number of aryl methyl sites for hydroxylation is 3. The largest absolute Gasteiger partial charge is 0.496 e. The lowest BCUT2D eigenvalue weighted by Crippen LogP contribution is -2.15. The molecule has 0 aliphatic heterocycles. The van der Waals surface area contributed by atoms with Gasteiger partial charge in [0.15, 0.2) is 0 Å². The van der Waals surface area contributed by atoms with Crippen molar-refractivity contribution in [3.63, 3.8) is 0 Å². The van der Waals surface area contributed by atoms with Gasteiger partial charge in [0.1, 0.15) is 17.3 Å². The Morgan fingerprint density at radius 2 is 1.55 bits per heavy atom. The zero-order valence-corrected chi connectivity index (χ0v) is 18.5. The van der Waals surface area contributed by atoms with E-state index >= 15 is 0 Å². The highest BCUT2D eigenvalue weighted by molar-refractivity contribution is 5.81. The van der Waals surface area contributed by atoms with Crippen LogP contribution in [0.3, 0.4) is 0 Å². The highest BCUT2D eigenvalue weighted by atomic mass is 16.5. The first-order valence-corrected chi connectivity index (χ1v) is 10.6. The third-order valence-corrected chi connectivity index (χ3v) is 5.62. The van der Waals surface area contributed by atoms with Gasteiger partial charge in [-0.15, -0.1) is 0 Å². The van der Waals surface area contributed by atoms with Crippen molar-refractivity contribution in [2.24, 2.45) is 11.8 Å². The number of hydrogen-bond donors (Lipinski definition) is 0. The summed E-state index contributed by atoms with van der Waals surface area (Å²) in [5.41, 5.74) is 4.66. The lowest BCUT2D eigenvalue weighted by molar-refractivity contribution is -0.122. The zero-order valence-electron chi connectivity index (χ0n) is 18.5. The molecule has 0 aromatic heterocycles. The first kappa shape index (κ1) is 22.9. The van der Waals surface area contributed by atoms with Gasteiger partial charge < -0.3 is 4.74 Å². The molecule has 3 nitrogen and oxygen atoms in total. The summed E-state index contributed by atoms with van der Waals surface area (Å²) in [7, 11) is 1.66. The van der Waals surface area contributed by atoms with Crippen LogP contribution < -0.4 is 4.74 Å². The summed E-state index contributed by atoms with van der Waals surface area (Å²) in [6.45, 7) is 7.99. The second-order valence-electron chi connectivity index (χ2n) is 8.27. The molecule has 0 amide bonds. The Balaban J connectivity index is 1.95. The number of ether oxygens (including phenoxy) is 1. The van der Waals surface area contributed by atoms with E-state index in [1.54, 1.807) is 7.11 Å². The number of Topliss-reactive ketones (excluding diaryl/α,β-unsaturated/α-hetero) is 2. The fourth-order valence-electron chi connectivity index (χ4n) is 3.55. The summed E-state index contributed by atoms with van der Waals surface area (Å²) >= 11 is 0. The zero-order chi connectivity index (χ0) is 21.4. The number of methoxy groups -OCH3 is 1. The molecule has 1 atom stereocenters. The van der Waals surface area contributed by atoms with Crippen LogP contribution in [0.2, 0.25) is 0 Å². The van der Waals surface area contributed by atoms with Gasteiger partial charge in [0.05, 0.1) is 7.11 Å². The summed E-state index contributed by atoms with van der Waals surface area (Å²) in [6, 6.07) is 14.2. The van der Waals surface area contributed by atoms with E-state index in [1.165, 1.54) is 16.7 Å². The van der Waals surface area contributed by atoms with E-state index < -0.39 is 0 Å².